The fourth-order valence-electron chi connectivity index (χ4n) is 3.12. The van der Waals surface area contributed by atoms with Gasteiger partial charge in [-0.2, -0.15) is 8.42 Å². The van der Waals surface area contributed by atoms with Crippen LogP contribution in [0.15, 0.2) is 71.6 Å². The highest BCUT2D eigenvalue weighted by atomic mass is 35.5. The molecule has 0 N–H and O–H groups in total. The van der Waals surface area contributed by atoms with Gasteiger partial charge in [-0.25, -0.2) is 0 Å². The molecule has 0 heterocycles. The largest absolute Gasteiger partial charge is 0.497 e. The first-order valence-corrected chi connectivity index (χ1v) is 12.2. The van der Waals surface area contributed by atoms with E-state index in [0.29, 0.717) is 26.9 Å². The third-order valence-corrected chi connectivity index (χ3v) is 6.71. The van der Waals surface area contributed by atoms with Gasteiger partial charge in [0.1, 0.15) is 16.4 Å². The van der Waals surface area contributed by atoms with Crippen LogP contribution < -0.4 is 8.92 Å². The second-order valence-electron chi connectivity index (χ2n) is 7.47. The van der Waals surface area contributed by atoms with Crippen LogP contribution in [0.4, 0.5) is 0 Å². The molecule has 0 aliphatic rings. The minimum absolute atomic E-state index is 0.0305. The van der Waals surface area contributed by atoms with E-state index in [2.05, 4.69) is 0 Å². The first kappa shape index (κ1) is 24.9. The van der Waals surface area contributed by atoms with Crippen molar-refractivity contribution in [1.82, 2.24) is 4.90 Å². The molecule has 9 heteroatoms. The third kappa shape index (κ3) is 5.99. The van der Waals surface area contributed by atoms with Crippen LogP contribution in [0.25, 0.3) is 0 Å². The number of amides is 1. The Morgan fingerprint density at radius 3 is 2.27 bits per heavy atom. The lowest BCUT2D eigenvalue weighted by molar-refractivity contribution is 0.0690. The highest BCUT2D eigenvalue weighted by molar-refractivity contribution is 7.87. The average Bonchev–Trinajstić information content (AvgIpc) is 2.78. The fraction of sp³-hybridized carbons (Fsp3) is 0.208. The molecule has 174 valence electrons. The zero-order valence-corrected chi connectivity index (χ0v) is 20.6. The molecule has 33 heavy (non-hydrogen) atoms. The number of carbonyl (C=O) groups excluding carboxylic acids is 1. The molecule has 0 radical (unpaired) electrons. The first-order valence-electron chi connectivity index (χ1n) is 10.0. The summed E-state index contributed by atoms with van der Waals surface area (Å²) in [4.78, 5) is 14.8. The normalized spacial score (nSPS) is 11.3. The van der Waals surface area contributed by atoms with Gasteiger partial charge in [0.15, 0.2) is 0 Å². The summed E-state index contributed by atoms with van der Waals surface area (Å²) in [5.74, 6) is 0.305. The Morgan fingerprint density at radius 1 is 1.00 bits per heavy atom. The van der Waals surface area contributed by atoms with Gasteiger partial charge in [-0.15, -0.1) is 0 Å². The Morgan fingerprint density at radius 2 is 1.67 bits per heavy atom. The van der Waals surface area contributed by atoms with Gasteiger partial charge in [-0.3, -0.25) is 4.79 Å². The third-order valence-electron chi connectivity index (χ3n) is 4.90. The summed E-state index contributed by atoms with van der Waals surface area (Å²) >= 11 is 12.4. The van der Waals surface area contributed by atoms with Crippen molar-refractivity contribution in [3.8, 4) is 11.5 Å². The van der Waals surface area contributed by atoms with Gasteiger partial charge in [0.05, 0.1) is 24.2 Å². The van der Waals surface area contributed by atoms with E-state index in [1.165, 1.54) is 43.5 Å². The molecule has 0 aliphatic carbocycles. The van der Waals surface area contributed by atoms with Crippen molar-refractivity contribution in [2.45, 2.75) is 31.3 Å². The maximum atomic E-state index is 13.2. The van der Waals surface area contributed by atoms with Crippen molar-refractivity contribution in [3.63, 3.8) is 0 Å². The highest BCUT2D eigenvalue weighted by Gasteiger charge is 2.24. The molecule has 3 aromatic rings. The summed E-state index contributed by atoms with van der Waals surface area (Å²) < 4.78 is 36.2. The monoisotopic (exact) mass is 507 g/mol. The van der Waals surface area contributed by atoms with Crippen LogP contribution in [-0.2, 0) is 16.7 Å². The molecule has 6 nitrogen and oxygen atoms in total. The highest BCUT2D eigenvalue weighted by Crippen LogP contribution is 2.29. The Labute approximate surface area is 203 Å². The zero-order valence-electron chi connectivity index (χ0n) is 18.3. The molecule has 0 fully saturated rings. The molecule has 0 saturated heterocycles. The van der Waals surface area contributed by atoms with Crippen LogP contribution in [-0.4, -0.2) is 32.4 Å². The van der Waals surface area contributed by atoms with Gasteiger partial charge in [0.2, 0.25) is 0 Å². The van der Waals surface area contributed by atoms with Gasteiger partial charge in [0, 0.05) is 16.6 Å². The van der Waals surface area contributed by atoms with Gasteiger partial charge in [-0.05, 0) is 68.4 Å². The van der Waals surface area contributed by atoms with Crippen LogP contribution >= 0.6 is 23.2 Å². The molecule has 0 spiro atoms. The summed E-state index contributed by atoms with van der Waals surface area (Å²) in [7, 11) is -2.64. The van der Waals surface area contributed by atoms with E-state index >= 15 is 0 Å². The Bertz CT molecular complexity index is 1240. The lowest BCUT2D eigenvalue weighted by Gasteiger charge is -2.28. The molecule has 0 saturated carbocycles. The number of nitrogens with zero attached hydrogens (tertiary/aromatic N) is 1. The molecular formula is C24H23Cl2NO5S. The van der Waals surface area contributed by atoms with Crippen molar-refractivity contribution >= 4 is 39.2 Å². The van der Waals surface area contributed by atoms with E-state index < -0.39 is 10.1 Å². The number of carbonyl (C=O) groups is 1. The molecular weight excluding hydrogens is 485 g/mol. The molecule has 1 amide bonds. The fourth-order valence-corrected chi connectivity index (χ4v) is 4.50. The molecule has 0 aliphatic heterocycles. The molecule has 0 aromatic heterocycles. The van der Waals surface area contributed by atoms with Gasteiger partial charge >= 0.3 is 10.1 Å². The molecule has 0 unspecified atom stereocenters. The lowest BCUT2D eigenvalue weighted by atomic mass is 10.1. The van der Waals surface area contributed by atoms with E-state index in [9.17, 15) is 13.2 Å². The number of ether oxygens (including phenoxy) is 1. The first-order chi connectivity index (χ1) is 15.6. The lowest BCUT2D eigenvalue weighted by Crippen LogP contribution is -2.36. The van der Waals surface area contributed by atoms with Gasteiger partial charge < -0.3 is 13.8 Å². The van der Waals surface area contributed by atoms with Crippen LogP contribution in [0.2, 0.25) is 10.0 Å². The number of rotatable bonds is 8. The summed E-state index contributed by atoms with van der Waals surface area (Å²) in [6.07, 6.45) is 0. The SMILES string of the molecule is COc1ccc(S(=O)(=O)Oc2ccc(Cl)cc2CN(C(=O)c2ccccc2Cl)C(C)C)cc1. The second-order valence-corrected chi connectivity index (χ2v) is 9.86. The van der Waals surface area contributed by atoms with Gasteiger partial charge in [-0.1, -0.05) is 35.3 Å². The van der Waals surface area contributed by atoms with Crippen LogP contribution in [0, 0.1) is 0 Å². The summed E-state index contributed by atoms with van der Waals surface area (Å²) in [6.45, 7) is 3.78. The zero-order chi connectivity index (χ0) is 24.2. The maximum Gasteiger partial charge on any atom is 0.339 e. The smallest absolute Gasteiger partial charge is 0.339 e. The maximum absolute atomic E-state index is 13.2. The Balaban J connectivity index is 1.94. The summed E-state index contributed by atoms with van der Waals surface area (Å²) in [6, 6.07) is 17.0. The summed E-state index contributed by atoms with van der Waals surface area (Å²) in [5.41, 5.74) is 0.789. The number of hydrogen-bond donors (Lipinski definition) is 0. The van der Waals surface area contributed by atoms with Crippen molar-refractivity contribution in [2.24, 2.45) is 0 Å². The Hall–Kier alpha value is -2.74. The average molecular weight is 508 g/mol. The van der Waals surface area contributed by atoms with Crippen molar-refractivity contribution in [2.75, 3.05) is 7.11 Å². The van der Waals surface area contributed by atoms with Crippen molar-refractivity contribution in [3.05, 3.63) is 87.9 Å². The van der Waals surface area contributed by atoms with Crippen molar-refractivity contribution in [1.29, 1.82) is 0 Å². The second kappa shape index (κ2) is 10.5. The molecule has 0 atom stereocenters. The predicted octanol–water partition coefficient (Wildman–Crippen LogP) is 5.82. The van der Waals surface area contributed by atoms with Crippen molar-refractivity contribution < 1.29 is 22.1 Å². The summed E-state index contributed by atoms with van der Waals surface area (Å²) in [5, 5.41) is 0.714. The number of hydrogen-bond acceptors (Lipinski definition) is 5. The topological polar surface area (TPSA) is 72.9 Å². The Kier molecular flexibility index (Phi) is 7.89. The van der Waals surface area contributed by atoms with E-state index in [-0.39, 0.29) is 29.1 Å². The molecule has 0 bridgehead atoms. The van der Waals surface area contributed by atoms with Crippen LogP contribution in [0.5, 0.6) is 11.5 Å². The van der Waals surface area contributed by atoms with E-state index in [1.807, 2.05) is 13.8 Å². The number of methoxy groups -OCH3 is 1. The van der Waals surface area contributed by atoms with Crippen LogP contribution in [0.1, 0.15) is 29.8 Å². The minimum atomic E-state index is -4.13. The van der Waals surface area contributed by atoms with E-state index in [4.69, 9.17) is 32.1 Å². The standard InChI is InChI=1S/C24H23Cl2NO5S/c1-16(2)27(24(28)21-6-4-5-7-22(21)26)15-17-14-18(25)8-13-23(17)32-33(29,30)20-11-9-19(31-3)10-12-20/h4-14,16H,15H2,1-3H3. The number of benzene rings is 3. The predicted molar refractivity (Wildman–Crippen MR) is 129 cm³/mol. The molecule has 3 aromatic carbocycles. The molecule has 3 rings (SSSR count). The minimum Gasteiger partial charge on any atom is -0.497 e. The van der Waals surface area contributed by atoms with E-state index in [0.717, 1.165) is 0 Å². The van der Waals surface area contributed by atoms with E-state index in [1.54, 1.807) is 35.2 Å². The van der Waals surface area contributed by atoms with Gasteiger partial charge in [0.25, 0.3) is 5.91 Å². The van der Waals surface area contributed by atoms with Crippen LogP contribution in [0.3, 0.4) is 0 Å². The number of halogens is 2. The quantitative estimate of drug-likeness (QED) is 0.359.